The minimum atomic E-state index is -4.95. The third kappa shape index (κ3) is 11.4. The molecule has 3 aromatic carbocycles. The Hall–Kier alpha value is -6.11. The molecule has 3 aromatic rings. The molecule has 0 N–H and O–H groups in total. The van der Waals surface area contributed by atoms with Gasteiger partial charge in [-0.15, -0.1) is 0 Å². The average Bonchev–Trinajstić information content (AvgIpc) is 3.04. The quantitative estimate of drug-likeness (QED) is 0.0839. The molecule has 13 heteroatoms. The van der Waals surface area contributed by atoms with Gasteiger partial charge in [-0.25, -0.2) is 19.2 Å². The van der Waals surface area contributed by atoms with Crippen LogP contribution in [0.1, 0.15) is 22.3 Å². The summed E-state index contributed by atoms with van der Waals surface area (Å²) < 4.78 is 72.0. The second kappa shape index (κ2) is 16.8. The Bertz CT molecular complexity index is 1670. The molecular formula is C34H27F3O10. The lowest BCUT2D eigenvalue weighted by molar-refractivity contribution is -0.145. The van der Waals surface area contributed by atoms with Gasteiger partial charge in [-0.1, -0.05) is 37.4 Å². The Balaban J connectivity index is 1.62. The molecule has 0 aromatic heterocycles. The van der Waals surface area contributed by atoms with Gasteiger partial charge in [-0.05, 0) is 66.6 Å². The van der Waals surface area contributed by atoms with Gasteiger partial charge in [-0.3, -0.25) is 0 Å². The van der Waals surface area contributed by atoms with Gasteiger partial charge in [-0.2, -0.15) is 13.2 Å². The van der Waals surface area contributed by atoms with Crippen LogP contribution in [0.2, 0.25) is 0 Å². The van der Waals surface area contributed by atoms with Gasteiger partial charge in [0.25, 0.3) is 0 Å². The number of carbonyl (C=O) groups is 4. The Labute approximate surface area is 266 Å². The van der Waals surface area contributed by atoms with E-state index >= 15 is 0 Å². The number of ether oxygens (including phenoxy) is 6. The van der Waals surface area contributed by atoms with Gasteiger partial charge in [0, 0.05) is 29.9 Å². The van der Waals surface area contributed by atoms with E-state index in [9.17, 15) is 32.3 Å². The van der Waals surface area contributed by atoms with E-state index in [-0.39, 0.29) is 19.3 Å². The first kappa shape index (κ1) is 35.4. The lowest BCUT2D eigenvalue weighted by Crippen LogP contribution is -2.15. The van der Waals surface area contributed by atoms with Gasteiger partial charge >= 0.3 is 30.1 Å². The zero-order valence-electron chi connectivity index (χ0n) is 24.8. The molecule has 3 rings (SSSR count). The topological polar surface area (TPSA) is 124 Å². The van der Waals surface area contributed by atoms with Crippen molar-refractivity contribution in [1.29, 1.82) is 0 Å². The molecule has 0 unspecified atom stereocenters. The van der Waals surface area contributed by atoms with E-state index in [1.807, 2.05) is 0 Å². The van der Waals surface area contributed by atoms with Crippen LogP contribution in [0.5, 0.6) is 23.0 Å². The largest absolute Gasteiger partial charge is 0.457 e. The number of carbonyl (C=O) groups excluding carboxylic acids is 4. The van der Waals surface area contributed by atoms with Crippen LogP contribution in [-0.4, -0.2) is 37.5 Å². The minimum absolute atomic E-state index is 0.328. The molecule has 47 heavy (non-hydrogen) atoms. The van der Waals surface area contributed by atoms with Crippen molar-refractivity contribution in [3.05, 3.63) is 120 Å². The summed E-state index contributed by atoms with van der Waals surface area (Å²) in [6.07, 6.45) is 1.65. The molecule has 10 nitrogen and oxygen atoms in total. The summed E-state index contributed by atoms with van der Waals surface area (Å²) in [6, 6.07) is 14.3. The fourth-order valence-electron chi connectivity index (χ4n) is 3.61. The molecule has 0 bridgehead atoms. The fraction of sp³-hybridized carbons (Fsp3) is 0.118. The first-order valence-electron chi connectivity index (χ1n) is 13.4. The molecule has 0 aliphatic heterocycles. The normalized spacial score (nSPS) is 11.1. The molecule has 0 aliphatic rings. The molecule has 0 aliphatic carbocycles. The molecule has 0 heterocycles. The maximum atomic E-state index is 14.0. The molecule has 244 valence electrons. The summed E-state index contributed by atoms with van der Waals surface area (Å²) >= 11 is 0. The van der Waals surface area contributed by atoms with Crippen LogP contribution in [0.3, 0.4) is 0 Å². The molecular weight excluding hydrogens is 625 g/mol. The van der Waals surface area contributed by atoms with E-state index in [1.54, 1.807) is 36.4 Å². The molecule has 0 spiro atoms. The summed E-state index contributed by atoms with van der Waals surface area (Å²) in [6.45, 7) is 6.93. The fourth-order valence-corrected chi connectivity index (χ4v) is 3.61. The summed E-state index contributed by atoms with van der Waals surface area (Å²) in [5.41, 5.74) is -0.727. The number of hydrogen-bond acceptors (Lipinski definition) is 10. The van der Waals surface area contributed by atoms with Crippen LogP contribution in [-0.2, 0) is 34.8 Å². The lowest BCUT2D eigenvalue weighted by atomic mass is 10.1. The van der Waals surface area contributed by atoms with Gasteiger partial charge in [0.2, 0.25) is 13.6 Å². The van der Waals surface area contributed by atoms with Crippen molar-refractivity contribution in [2.24, 2.45) is 0 Å². The number of esters is 4. The summed E-state index contributed by atoms with van der Waals surface area (Å²) in [5.74, 6) is -3.79. The van der Waals surface area contributed by atoms with E-state index in [4.69, 9.17) is 28.4 Å². The van der Waals surface area contributed by atoms with Gasteiger partial charge in [0.15, 0.2) is 0 Å². The maximum absolute atomic E-state index is 14.0. The van der Waals surface area contributed by atoms with Crippen LogP contribution < -0.4 is 18.9 Å². The second-order valence-electron chi connectivity index (χ2n) is 9.07. The predicted molar refractivity (Wildman–Crippen MR) is 162 cm³/mol. The SMILES string of the molecule is C=CC(=O)OCOc1ccc(C=CC(=O)Oc2ccc(OC(=O)C=Cc3ccc(OCOC(=O)C=C)cc3)c(C(F)(F)F)c2C)cc1. The lowest BCUT2D eigenvalue weighted by Gasteiger charge is -2.17. The summed E-state index contributed by atoms with van der Waals surface area (Å²) in [7, 11) is 0. The van der Waals surface area contributed by atoms with Crippen molar-refractivity contribution in [2.75, 3.05) is 13.6 Å². The van der Waals surface area contributed by atoms with Crippen molar-refractivity contribution in [2.45, 2.75) is 13.1 Å². The first-order chi connectivity index (χ1) is 22.4. The number of rotatable bonds is 14. The third-order valence-electron chi connectivity index (χ3n) is 5.85. The Kier molecular flexibility index (Phi) is 12.7. The van der Waals surface area contributed by atoms with Gasteiger partial charge in [0.05, 0.1) is 0 Å². The van der Waals surface area contributed by atoms with Gasteiger partial charge in [0.1, 0.15) is 28.6 Å². The summed E-state index contributed by atoms with van der Waals surface area (Å²) in [4.78, 5) is 46.9. The molecule has 0 radical (unpaired) electrons. The number of hydrogen-bond donors (Lipinski definition) is 0. The van der Waals surface area contributed by atoms with Crippen LogP contribution in [0.4, 0.5) is 13.2 Å². The van der Waals surface area contributed by atoms with E-state index in [1.165, 1.54) is 24.3 Å². The number of halogens is 3. The zero-order valence-corrected chi connectivity index (χ0v) is 24.8. The van der Waals surface area contributed by atoms with Crippen LogP contribution in [0, 0.1) is 6.92 Å². The first-order valence-corrected chi connectivity index (χ1v) is 13.4. The smallest absolute Gasteiger partial charge is 0.420 e. The van der Waals surface area contributed by atoms with Crippen molar-refractivity contribution in [1.82, 2.24) is 0 Å². The van der Waals surface area contributed by atoms with Crippen molar-refractivity contribution < 1.29 is 60.8 Å². The molecule has 0 saturated carbocycles. The minimum Gasteiger partial charge on any atom is -0.457 e. The van der Waals surface area contributed by atoms with Crippen molar-refractivity contribution in [3.63, 3.8) is 0 Å². The number of benzene rings is 3. The van der Waals surface area contributed by atoms with E-state index in [2.05, 4.69) is 13.2 Å². The molecule has 0 fully saturated rings. The van der Waals surface area contributed by atoms with Crippen LogP contribution >= 0.6 is 0 Å². The van der Waals surface area contributed by atoms with Gasteiger partial charge < -0.3 is 28.4 Å². The molecule has 0 amide bonds. The van der Waals surface area contributed by atoms with Crippen molar-refractivity contribution >= 4 is 36.0 Å². The average molecular weight is 653 g/mol. The Morgan fingerprint density at radius 3 is 1.45 bits per heavy atom. The summed E-state index contributed by atoms with van der Waals surface area (Å²) in [5, 5.41) is 0. The van der Waals surface area contributed by atoms with E-state index < -0.39 is 46.9 Å². The van der Waals surface area contributed by atoms with Crippen molar-refractivity contribution in [3.8, 4) is 23.0 Å². The van der Waals surface area contributed by atoms with E-state index in [0.717, 1.165) is 43.4 Å². The van der Waals surface area contributed by atoms with Crippen LogP contribution in [0.15, 0.2) is 98.1 Å². The highest BCUT2D eigenvalue weighted by atomic mass is 19.4. The highest BCUT2D eigenvalue weighted by molar-refractivity contribution is 5.90. The highest BCUT2D eigenvalue weighted by Crippen LogP contribution is 2.42. The predicted octanol–water partition coefficient (Wildman–Crippen LogP) is 6.38. The Morgan fingerprint density at radius 1 is 0.638 bits per heavy atom. The molecule has 0 atom stereocenters. The van der Waals surface area contributed by atoms with Crippen LogP contribution in [0.25, 0.3) is 12.2 Å². The monoisotopic (exact) mass is 652 g/mol. The molecule has 0 saturated heterocycles. The standard InChI is InChI=1S/C34H27F3O10/c1-4-29(38)44-20-42-25-12-6-23(7-13-25)10-18-31(40)46-27-16-17-28(33(22(27)3)34(35,36)37)47-32(41)19-11-24-8-14-26(15-9-24)43-21-45-30(39)5-2/h4-19H,1-2,20-21H2,3H3. The zero-order chi connectivity index (χ0) is 34.4. The highest BCUT2D eigenvalue weighted by Gasteiger charge is 2.38. The third-order valence-corrected chi connectivity index (χ3v) is 5.85. The maximum Gasteiger partial charge on any atom is 0.420 e. The second-order valence-corrected chi connectivity index (χ2v) is 9.07. The number of alkyl halides is 3. The van der Waals surface area contributed by atoms with E-state index in [0.29, 0.717) is 22.6 Å². The Morgan fingerprint density at radius 2 is 1.04 bits per heavy atom.